The van der Waals surface area contributed by atoms with E-state index in [2.05, 4.69) is 13.8 Å². The number of hydrogen-bond acceptors (Lipinski definition) is 2. The number of carboxylic acids is 1. The first-order chi connectivity index (χ1) is 7.53. The second kappa shape index (κ2) is 4.13. The third kappa shape index (κ3) is 1.96. The molecule has 0 saturated carbocycles. The fourth-order valence-electron chi connectivity index (χ4n) is 2.32. The summed E-state index contributed by atoms with van der Waals surface area (Å²) in [7, 11) is 0. The van der Waals surface area contributed by atoms with Gasteiger partial charge in [-0.05, 0) is 24.0 Å². The molecule has 1 N–H and O–H groups in total. The Morgan fingerprint density at radius 1 is 1.31 bits per heavy atom. The van der Waals surface area contributed by atoms with Crippen molar-refractivity contribution in [2.45, 2.75) is 36.7 Å². The summed E-state index contributed by atoms with van der Waals surface area (Å²) in [6, 6.07) is 8.05. The Labute approximate surface area is 100 Å². The van der Waals surface area contributed by atoms with E-state index in [1.807, 2.05) is 24.3 Å². The lowest BCUT2D eigenvalue weighted by atomic mass is 10.1. The lowest BCUT2D eigenvalue weighted by Gasteiger charge is -2.25. The number of fused-ring (bicyclic) bond motifs is 1. The highest BCUT2D eigenvalue weighted by molar-refractivity contribution is 8.02. The van der Waals surface area contributed by atoms with Crippen LogP contribution in [-0.4, -0.2) is 21.1 Å². The van der Waals surface area contributed by atoms with Gasteiger partial charge in [0.2, 0.25) is 0 Å². The average molecular weight is 236 g/mol. The van der Waals surface area contributed by atoms with Crippen LogP contribution in [0.15, 0.2) is 24.3 Å². The number of carboxylic acid groups (broad SMARTS) is 1. The second-order valence-corrected chi connectivity index (χ2v) is 6.55. The van der Waals surface area contributed by atoms with Crippen molar-refractivity contribution < 1.29 is 9.90 Å². The van der Waals surface area contributed by atoms with Gasteiger partial charge in [-0.2, -0.15) is 0 Å². The average Bonchev–Trinajstić information content (AvgIpc) is 2.55. The molecule has 1 aliphatic rings. The number of thioether (sulfide) groups is 1. The molecule has 2 rings (SSSR count). The zero-order valence-corrected chi connectivity index (χ0v) is 10.4. The molecule has 16 heavy (non-hydrogen) atoms. The topological polar surface area (TPSA) is 37.3 Å². The maximum Gasteiger partial charge on any atom is 0.320 e. The molecule has 2 nitrogen and oxygen atoms in total. The summed E-state index contributed by atoms with van der Waals surface area (Å²) >= 11 is 1.57. The van der Waals surface area contributed by atoms with E-state index in [-0.39, 0.29) is 0 Å². The Bertz CT molecular complexity index is 387. The molecule has 0 atom stereocenters. The van der Waals surface area contributed by atoms with Gasteiger partial charge in [0, 0.05) is 5.25 Å². The zero-order valence-electron chi connectivity index (χ0n) is 9.56. The Morgan fingerprint density at radius 2 is 1.81 bits per heavy atom. The molecule has 0 fully saturated rings. The van der Waals surface area contributed by atoms with Crippen molar-refractivity contribution in [3.63, 3.8) is 0 Å². The van der Waals surface area contributed by atoms with Gasteiger partial charge < -0.3 is 5.11 Å². The summed E-state index contributed by atoms with van der Waals surface area (Å²) in [6.45, 7) is 4.11. The summed E-state index contributed by atoms with van der Waals surface area (Å²) < 4.78 is -0.641. The van der Waals surface area contributed by atoms with Crippen LogP contribution >= 0.6 is 11.8 Å². The molecule has 0 heterocycles. The number of aliphatic carboxylic acids is 1. The highest BCUT2D eigenvalue weighted by Gasteiger charge is 2.44. The van der Waals surface area contributed by atoms with Crippen LogP contribution in [0.5, 0.6) is 0 Å². The van der Waals surface area contributed by atoms with Crippen LogP contribution in [0.4, 0.5) is 0 Å². The Hall–Kier alpha value is -0.960. The monoisotopic (exact) mass is 236 g/mol. The van der Waals surface area contributed by atoms with E-state index < -0.39 is 10.7 Å². The third-order valence-corrected chi connectivity index (χ3v) is 4.31. The van der Waals surface area contributed by atoms with E-state index in [1.165, 1.54) is 11.1 Å². The van der Waals surface area contributed by atoms with Crippen LogP contribution in [0.25, 0.3) is 0 Å². The molecule has 0 aromatic heterocycles. The number of benzene rings is 1. The minimum absolute atomic E-state index is 0.338. The molecule has 0 unspecified atom stereocenters. The molecule has 86 valence electrons. The zero-order chi connectivity index (χ0) is 11.8. The van der Waals surface area contributed by atoms with Crippen LogP contribution in [0.3, 0.4) is 0 Å². The summed E-state index contributed by atoms with van der Waals surface area (Å²) in [5.74, 6) is -0.678. The van der Waals surface area contributed by atoms with Crippen molar-refractivity contribution in [3.8, 4) is 0 Å². The quantitative estimate of drug-likeness (QED) is 0.876. The maximum atomic E-state index is 11.5. The van der Waals surface area contributed by atoms with E-state index in [1.54, 1.807) is 11.8 Å². The first kappa shape index (κ1) is 11.5. The van der Waals surface area contributed by atoms with Crippen molar-refractivity contribution in [2.75, 3.05) is 0 Å². The van der Waals surface area contributed by atoms with Crippen molar-refractivity contribution in [1.29, 1.82) is 0 Å². The van der Waals surface area contributed by atoms with Crippen molar-refractivity contribution in [3.05, 3.63) is 35.4 Å². The summed E-state index contributed by atoms with van der Waals surface area (Å²) in [5, 5.41) is 9.80. The fraction of sp³-hybridized carbons (Fsp3) is 0.462. The van der Waals surface area contributed by atoms with Gasteiger partial charge in [0.15, 0.2) is 0 Å². The van der Waals surface area contributed by atoms with Gasteiger partial charge in [0.1, 0.15) is 4.75 Å². The minimum atomic E-state index is -0.678. The SMILES string of the molecule is CC(C)SC1(C(=O)O)Cc2ccccc2C1. The third-order valence-electron chi connectivity index (χ3n) is 2.92. The Kier molecular flexibility index (Phi) is 2.98. The standard InChI is InChI=1S/C13H16O2S/c1-9(2)16-13(12(14)15)7-10-5-3-4-6-11(10)8-13/h3-6,9H,7-8H2,1-2H3,(H,14,15). The van der Waals surface area contributed by atoms with Crippen LogP contribution in [-0.2, 0) is 17.6 Å². The maximum absolute atomic E-state index is 11.5. The summed E-state index contributed by atoms with van der Waals surface area (Å²) in [5.41, 5.74) is 2.39. The molecular weight excluding hydrogens is 220 g/mol. The van der Waals surface area contributed by atoms with E-state index in [9.17, 15) is 9.90 Å². The molecule has 0 bridgehead atoms. The normalized spacial score (nSPS) is 17.4. The predicted molar refractivity (Wildman–Crippen MR) is 66.9 cm³/mol. The number of carbonyl (C=O) groups is 1. The first-order valence-corrected chi connectivity index (χ1v) is 6.39. The largest absolute Gasteiger partial charge is 0.480 e. The molecule has 0 aliphatic heterocycles. The van der Waals surface area contributed by atoms with E-state index >= 15 is 0 Å². The molecule has 0 spiro atoms. The molecule has 1 aromatic rings. The second-order valence-electron chi connectivity index (χ2n) is 4.59. The fourth-order valence-corrected chi connectivity index (χ4v) is 3.80. The lowest BCUT2D eigenvalue weighted by molar-refractivity contribution is -0.139. The van der Waals surface area contributed by atoms with Crippen LogP contribution in [0.1, 0.15) is 25.0 Å². The van der Waals surface area contributed by atoms with E-state index in [0.717, 1.165) is 0 Å². The smallest absolute Gasteiger partial charge is 0.320 e. The van der Waals surface area contributed by atoms with Gasteiger partial charge in [-0.3, -0.25) is 4.79 Å². The van der Waals surface area contributed by atoms with E-state index in [4.69, 9.17) is 0 Å². The molecule has 1 aliphatic carbocycles. The predicted octanol–water partition coefficient (Wildman–Crippen LogP) is 2.75. The molecule has 0 radical (unpaired) electrons. The van der Waals surface area contributed by atoms with E-state index in [0.29, 0.717) is 18.1 Å². The van der Waals surface area contributed by atoms with Gasteiger partial charge >= 0.3 is 5.97 Å². The van der Waals surface area contributed by atoms with Crippen molar-refractivity contribution in [1.82, 2.24) is 0 Å². The minimum Gasteiger partial charge on any atom is -0.480 e. The van der Waals surface area contributed by atoms with Crippen LogP contribution in [0, 0.1) is 0 Å². The molecule has 0 saturated heterocycles. The van der Waals surface area contributed by atoms with Gasteiger partial charge in [0.05, 0.1) is 0 Å². The molecule has 0 amide bonds. The van der Waals surface area contributed by atoms with Crippen LogP contribution in [0.2, 0.25) is 0 Å². The molecule has 1 aromatic carbocycles. The summed E-state index contributed by atoms with van der Waals surface area (Å²) in [6.07, 6.45) is 1.31. The number of hydrogen-bond donors (Lipinski definition) is 1. The first-order valence-electron chi connectivity index (χ1n) is 5.51. The lowest BCUT2D eigenvalue weighted by Crippen LogP contribution is -2.37. The molecular formula is C13H16O2S. The Balaban J connectivity index is 2.31. The van der Waals surface area contributed by atoms with Gasteiger partial charge in [0.25, 0.3) is 0 Å². The van der Waals surface area contributed by atoms with Gasteiger partial charge in [-0.1, -0.05) is 38.1 Å². The summed E-state index contributed by atoms with van der Waals surface area (Å²) in [4.78, 5) is 11.5. The van der Waals surface area contributed by atoms with Crippen molar-refractivity contribution in [2.24, 2.45) is 0 Å². The van der Waals surface area contributed by atoms with Gasteiger partial charge in [-0.25, -0.2) is 0 Å². The van der Waals surface area contributed by atoms with Crippen molar-refractivity contribution >= 4 is 17.7 Å². The van der Waals surface area contributed by atoms with Gasteiger partial charge in [-0.15, -0.1) is 11.8 Å². The number of rotatable bonds is 3. The highest BCUT2D eigenvalue weighted by atomic mass is 32.2. The van der Waals surface area contributed by atoms with Crippen LogP contribution < -0.4 is 0 Å². The Morgan fingerprint density at radius 3 is 2.19 bits per heavy atom. The molecule has 3 heteroatoms. The highest BCUT2D eigenvalue weighted by Crippen LogP contribution is 2.42.